The molecule has 4 heteroatoms. The molecule has 20 heavy (non-hydrogen) atoms. The number of nitrogens with zero attached hydrogens (tertiary/aromatic N) is 1. The highest BCUT2D eigenvalue weighted by Gasteiger charge is 2.14. The maximum atomic E-state index is 12.0. The lowest BCUT2D eigenvalue weighted by molar-refractivity contribution is -0.120. The molecule has 0 fully saturated rings. The highest BCUT2D eigenvalue weighted by molar-refractivity contribution is 7.81. The van der Waals surface area contributed by atoms with Gasteiger partial charge in [-0.05, 0) is 36.1 Å². The topological polar surface area (TPSA) is 42.0 Å². The summed E-state index contributed by atoms with van der Waals surface area (Å²) < 4.78 is 0. The first-order chi connectivity index (χ1) is 9.66. The summed E-state index contributed by atoms with van der Waals surface area (Å²) >= 11 is 4.38. The van der Waals surface area contributed by atoms with Crippen molar-refractivity contribution in [2.45, 2.75) is 25.1 Å². The van der Waals surface area contributed by atoms with Gasteiger partial charge in [0.25, 0.3) is 0 Å². The number of carbonyl (C=O) groups excluding carboxylic acids is 1. The van der Waals surface area contributed by atoms with Crippen LogP contribution in [0.2, 0.25) is 0 Å². The van der Waals surface area contributed by atoms with E-state index in [0.717, 1.165) is 16.7 Å². The Bertz CT molecular complexity index is 572. The predicted molar refractivity (Wildman–Crippen MR) is 83.7 cm³/mol. The molecule has 1 unspecified atom stereocenters. The highest BCUT2D eigenvalue weighted by Crippen LogP contribution is 2.09. The summed E-state index contributed by atoms with van der Waals surface area (Å²) in [6.45, 7) is 2.50. The van der Waals surface area contributed by atoms with Gasteiger partial charge in [0.05, 0.1) is 5.25 Å². The van der Waals surface area contributed by atoms with Crippen LogP contribution >= 0.6 is 12.6 Å². The summed E-state index contributed by atoms with van der Waals surface area (Å²) in [6, 6.07) is 11.8. The molecule has 0 aliphatic rings. The number of carbonyl (C=O) groups is 1. The Balaban J connectivity index is 1.87. The molecule has 1 amide bonds. The number of pyridine rings is 1. The van der Waals surface area contributed by atoms with Crippen LogP contribution < -0.4 is 5.32 Å². The van der Waals surface area contributed by atoms with Gasteiger partial charge in [0, 0.05) is 18.9 Å². The van der Waals surface area contributed by atoms with Crippen molar-refractivity contribution in [2.75, 3.05) is 0 Å². The summed E-state index contributed by atoms with van der Waals surface area (Å²) in [5.41, 5.74) is 3.26. The Hall–Kier alpha value is -1.81. The largest absolute Gasteiger partial charge is 0.351 e. The summed E-state index contributed by atoms with van der Waals surface area (Å²) in [5, 5.41) is 2.57. The molecule has 104 valence electrons. The smallest absolute Gasteiger partial charge is 0.233 e. The van der Waals surface area contributed by atoms with E-state index in [1.807, 2.05) is 43.3 Å². The number of nitrogens with one attached hydrogen (secondary N) is 1. The normalized spacial score (nSPS) is 11.9. The van der Waals surface area contributed by atoms with Gasteiger partial charge in [-0.1, -0.05) is 30.3 Å². The number of hydrogen-bond acceptors (Lipinski definition) is 3. The summed E-state index contributed by atoms with van der Waals surface area (Å²) in [7, 11) is 0. The fourth-order valence-corrected chi connectivity index (χ4v) is 2.21. The molecule has 1 heterocycles. The van der Waals surface area contributed by atoms with Gasteiger partial charge >= 0.3 is 0 Å². The maximum Gasteiger partial charge on any atom is 0.233 e. The van der Waals surface area contributed by atoms with Gasteiger partial charge in [-0.25, -0.2) is 0 Å². The second-order valence-corrected chi connectivity index (χ2v) is 5.35. The van der Waals surface area contributed by atoms with Gasteiger partial charge in [-0.2, -0.15) is 12.6 Å². The zero-order valence-corrected chi connectivity index (χ0v) is 12.3. The van der Waals surface area contributed by atoms with Gasteiger partial charge in [0.2, 0.25) is 5.91 Å². The van der Waals surface area contributed by atoms with Crippen LogP contribution in [0, 0.1) is 6.92 Å². The van der Waals surface area contributed by atoms with Crippen molar-refractivity contribution < 1.29 is 4.79 Å². The standard InChI is InChI=1S/C16H18N2OS/c1-12-7-8-17-10-14(12)11-18-16(19)15(20)9-13-5-3-2-4-6-13/h2-8,10,15,20H,9,11H2,1H3,(H,18,19). The minimum atomic E-state index is -0.339. The quantitative estimate of drug-likeness (QED) is 0.830. The number of hydrogen-bond donors (Lipinski definition) is 2. The van der Waals surface area contributed by atoms with Crippen LogP contribution in [-0.4, -0.2) is 16.1 Å². The lowest BCUT2D eigenvalue weighted by Crippen LogP contribution is -2.32. The number of aryl methyl sites for hydroxylation is 1. The van der Waals surface area contributed by atoms with Crippen LogP contribution in [0.1, 0.15) is 16.7 Å². The Morgan fingerprint density at radius 3 is 2.75 bits per heavy atom. The minimum Gasteiger partial charge on any atom is -0.351 e. The van der Waals surface area contributed by atoms with E-state index in [1.165, 1.54) is 0 Å². The Morgan fingerprint density at radius 1 is 1.30 bits per heavy atom. The molecular formula is C16H18N2OS. The average Bonchev–Trinajstić information content (AvgIpc) is 2.47. The van der Waals surface area contributed by atoms with E-state index < -0.39 is 0 Å². The van der Waals surface area contributed by atoms with Crippen molar-refractivity contribution in [2.24, 2.45) is 0 Å². The molecule has 0 saturated heterocycles. The second kappa shape index (κ2) is 7.10. The van der Waals surface area contributed by atoms with Gasteiger partial charge < -0.3 is 5.32 Å². The maximum absolute atomic E-state index is 12.0. The molecule has 0 spiro atoms. The van der Waals surface area contributed by atoms with Crippen molar-refractivity contribution in [3.8, 4) is 0 Å². The fraction of sp³-hybridized carbons (Fsp3) is 0.250. The van der Waals surface area contributed by atoms with Crippen LogP contribution in [0.15, 0.2) is 48.8 Å². The van der Waals surface area contributed by atoms with E-state index in [4.69, 9.17) is 0 Å². The Morgan fingerprint density at radius 2 is 2.05 bits per heavy atom. The lowest BCUT2D eigenvalue weighted by Gasteiger charge is -2.12. The molecule has 0 aliphatic heterocycles. The van der Waals surface area contributed by atoms with Gasteiger partial charge in [-0.15, -0.1) is 0 Å². The average molecular weight is 286 g/mol. The van der Waals surface area contributed by atoms with Crippen molar-refractivity contribution >= 4 is 18.5 Å². The number of benzene rings is 1. The van der Waals surface area contributed by atoms with Crippen LogP contribution in [0.3, 0.4) is 0 Å². The van der Waals surface area contributed by atoms with Crippen LogP contribution in [0.4, 0.5) is 0 Å². The molecule has 1 N–H and O–H groups in total. The third-order valence-corrected chi connectivity index (χ3v) is 3.59. The third kappa shape index (κ3) is 4.10. The monoisotopic (exact) mass is 286 g/mol. The fourth-order valence-electron chi connectivity index (χ4n) is 1.91. The molecular weight excluding hydrogens is 268 g/mol. The number of aromatic nitrogens is 1. The molecule has 1 atom stereocenters. The van der Waals surface area contributed by atoms with Crippen LogP contribution in [0.5, 0.6) is 0 Å². The first-order valence-electron chi connectivity index (χ1n) is 6.56. The number of thiol groups is 1. The van der Waals surface area contributed by atoms with Crippen molar-refractivity contribution in [1.82, 2.24) is 10.3 Å². The molecule has 0 radical (unpaired) electrons. The zero-order valence-electron chi connectivity index (χ0n) is 11.4. The van der Waals surface area contributed by atoms with Crippen molar-refractivity contribution in [3.63, 3.8) is 0 Å². The van der Waals surface area contributed by atoms with Crippen molar-refractivity contribution in [3.05, 3.63) is 65.5 Å². The molecule has 1 aromatic carbocycles. The van der Waals surface area contributed by atoms with Gasteiger partial charge in [0.15, 0.2) is 0 Å². The van der Waals surface area contributed by atoms with E-state index in [0.29, 0.717) is 13.0 Å². The summed E-state index contributed by atoms with van der Waals surface area (Å²) in [4.78, 5) is 16.1. The van der Waals surface area contributed by atoms with E-state index in [9.17, 15) is 4.79 Å². The first-order valence-corrected chi connectivity index (χ1v) is 7.07. The van der Waals surface area contributed by atoms with Crippen LogP contribution in [-0.2, 0) is 17.8 Å². The molecule has 2 rings (SSSR count). The number of amides is 1. The third-order valence-electron chi connectivity index (χ3n) is 3.18. The molecule has 0 bridgehead atoms. The van der Waals surface area contributed by atoms with Gasteiger partial charge in [-0.3, -0.25) is 9.78 Å². The summed E-state index contributed by atoms with van der Waals surface area (Å²) in [6.07, 6.45) is 4.15. The SMILES string of the molecule is Cc1ccncc1CNC(=O)C(S)Cc1ccccc1. The Kier molecular flexibility index (Phi) is 5.18. The molecule has 1 aromatic heterocycles. The Labute approximate surface area is 124 Å². The minimum absolute atomic E-state index is 0.0551. The van der Waals surface area contributed by atoms with Crippen molar-refractivity contribution in [1.29, 1.82) is 0 Å². The van der Waals surface area contributed by atoms with E-state index >= 15 is 0 Å². The predicted octanol–water partition coefficient (Wildman–Crippen LogP) is 2.55. The molecule has 0 saturated carbocycles. The molecule has 3 nitrogen and oxygen atoms in total. The van der Waals surface area contributed by atoms with E-state index in [1.54, 1.807) is 12.4 Å². The molecule has 0 aliphatic carbocycles. The second-order valence-electron chi connectivity index (χ2n) is 4.73. The van der Waals surface area contributed by atoms with E-state index in [-0.39, 0.29) is 11.2 Å². The first kappa shape index (κ1) is 14.6. The van der Waals surface area contributed by atoms with Gasteiger partial charge in [0.1, 0.15) is 0 Å². The van der Waals surface area contributed by atoms with E-state index in [2.05, 4.69) is 22.9 Å². The number of rotatable bonds is 5. The summed E-state index contributed by atoms with van der Waals surface area (Å²) in [5.74, 6) is -0.0551. The zero-order chi connectivity index (χ0) is 14.4. The highest BCUT2D eigenvalue weighted by atomic mass is 32.1. The van der Waals surface area contributed by atoms with Crippen LogP contribution in [0.25, 0.3) is 0 Å². The lowest BCUT2D eigenvalue weighted by atomic mass is 10.1. The molecule has 2 aromatic rings.